The third kappa shape index (κ3) is 4.00. The predicted molar refractivity (Wildman–Crippen MR) is 93.2 cm³/mol. The van der Waals surface area contributed by atoms with E-state index in [1.165, 1.54) is 28.7 Å². The lowest BCUT2D eigenvalue weighted by atomic mass is 9.77. The van der Waals surface area contributed by atoms with Crippen LogP contribution in [-0.4, -0.2) is 7.85 Å². The Kier molecular flexibility index (Phi) is 5.28. The Labute approximate surface area is 131 Å². The normalized spacial score (nSPS) is 11.6. The highest BCUT2D eigenvalue weighted by Crippen LogP contribution is 2.31. The summed E-state index contributed by atoms with van der Waals surface area (Å²) in [5.74, 6) is 0. The zero-order valence-electron chi connectivity index (χ0n) is 13.5. The molecule has 2 aromatic carbocycles. The molecule has 0 unspecified atom stereocenters. The third-order valence-electron chi connectivity index (χ3n) is 4.37. The maximum atomic E-state index is 5.55. The average Bonchev–Trinajstić information content (AvgIpc) is 2.48. The van der Waals surface area contributed by atoms with Gasteiger partial charge in [-0.2, -0.15) is 0 Å². The molecule has 1 heteroatoms. The quantitative estimate of drug-likeness (QED) is 0.500. The topological polar surface area (TPSA) is 0 Å². The van der Waals surface area contributed by atoms with Crippen LogP contribution in [0, 0.1) is 6.92 Å². The summed E-state index contributed by atoms with van der Waals surface area (Å²) in [5.41, 5.74) is 5.50. The van der Waals surface area contributed by atoms with Crippen LogP contribution < -0.4 is 0 Å². The Morgan fingerprint density at radius 3 is 1.86 bits per heavy atom. The first-order chi connectivity index (χ1) is 10.0. The summed E-state index contributed by atoms with van der Waals surface area (Å²) >= 11 is 0. The number of hydrogen-bond donors (Lipinski definition) is 0. The molecule has 21 heavy (non-hydrogen) atoms. The van der Waals surface area contributed by atoms with E-state index in [4.69, 9.17) is 7.85 Å². The summed E-state index contributed by atoms with van der Waals surface area (Å²) in [7, 11) is 5.55. The van der Waals surface area contributed by atoms with Crippen LogP contribution in [0.25, 0.3) is 0 Å². The van der Waals surface area contributed by atoms with E-state index < -0.39 is 0 Å². The lowest BCUT2D eigenvalue weighted by molar-refractivity contribution is 0.640. The average molecular weight is 276 g/mol. The third-order valence-corrected chi connectivity index (χ3v) is 4.37. The molecule has 0 amide bonds. The first-order valence-corrected chi connectivity index (χ1v) is 7.90. The van der Waals surface area contributed by atoms with Gasteiger partial charge in [0, 0.05) is 5.41 Å². The van der Waals surface area contributed by atoms with E-state index >= 15 is 0 Å². The first kappa shape index (κ1) is 15.9. The van der Waals surface area contributed by atoms with Crippen LogP contribution in [-0.2, 0) is 11.8 Å². The van der Waals surface area contributed by atoms with Crippen LogP contribution in [0.5, 0.6) is 0 Å². The number of aryl methyl sites for hydroxylation is 2. The van der Waals surface area contributed by atoms with Crippen molar-refractivity contribution < 1.29 is 0 Å². The Hall–Kier alpha value is -1.50. The monoisotopic (exact) mass is 276 g/mol. The van der Waals surface area contributed by atoms with Crippen molar-refractivity contribution in [3.05, 3.63) is 70.8 Å². The van der Waals surface area contributed by atoms with Crippen molar-refractivity contribution in [2.24, 2.45) is 0 Å². The van der Waals surface area contributed by atoms with Gasteiger partial charge >= 0.3 is 0 Å². The van der Waals surface area contributed by atoms with E-state index in [0.717, 1.165) is 19.2 Å². The molecule has 0 aliphatic rings. The molecule has 0 aromatic heterocycles. The molecule has 0 fully saturated rings. The van der Waals surface area contributed by atoms with E-state index in [1.54, 1.807) is 0 Å². The van der Waals surface area contributed by atoms with Crippen LogP contribution in [0.3, 0.4) is 0 Å². The van der Waals surface area contributed by atoms with Crippen molar-refractivity contribution in [1.82, 2.24) is 0 Å². The molecule has 0 aliphatic heterocycles. The molecule has 2 aromatic rings. The Balaban J connectivity index is 2.14. The van der Waals surface area contributed by atoms with Crippen molar-refractivity contribution in [3.63, 3.8) is 0 Å². The SMILES string of the molecule is [B]CCCCc1ccc(C(C)(C)c2ccc(C)cc2)cc1. The van der Waals surface area contributed by atoms with Gasteiger partial charge in [-0.25, -0.2) is 0 Å². The van der Waals surface area contributed by atoms with Crippen molar-refractivity contribution >= 4 is 7.85 Å². The van der Waals surface area contributed by atoms with Crippen LogP contribution in [0.2, 0.25) is 6.32 Å². The molecule has 0 atom stereocenters. The summed E-state index contributed by atoms with van der Waals surface area (Å²) in [4.78, 5) is 0. The molecule has 0 N–H and O–H groups in total. The lowest BCUT2D eigenvalue weighted by Gasteiger charge is -2.26. The molecule has 0 saturated heterocycles. The van der Waals surface area contributed by atoms with Gasteiger partial charge in [0.15, 0.2) is 0 Å². The molecular weight excluding hydrogens is 251 g/mol. The molecule has 2 rings (SSSR count). The van der Waals surface area contributed by atoms with Gasteiger partial charge in [0.2, 0.25) is 0 Å². The largest absolute Gasteiger partial charge is 0.0887 e. The van der Waals surface area contributed by atoms with Gasteiger partial charge in [-0.1, -0.05) is 80.7 Å². The van der Waals surface area contributed by atoms with Gasteiger partial charge in [-0.05, 0) is 36.5 Å². The minimum absolute atomic E-state index is 0.0451. The molecule has 2 radical (unpaired) electrons. The first-order valence-electron chi connectivity index (χ1n) is 7.90. The highest BCUT2D eigenvalue weighted by atomic mass is 14.3. The Bertz CT molecular complexity index is 549. The van der Waals surface area contributed by atoms with Crippen molar-refractivity contribution in [3.8, 4) is 0 Å². The van der Waals surface area contributed by atoms with E-state index in [9.17, 15) is 0 Å². The van der Waals surface area contributed by atoms with E-state index in [1.807, 2.05) is 0 Å². The second-order valence-corrected chi connectivity index (χ2v) is 6.43. The summed E-state index contributed by atoms with van der Waals surface area (Å²) < 4.78 is 0. The Morgan fingerprint density at radius 1 is 0.810 bits per heavy atom. The molecule has 0 aliphatic carbocycles. The number of rotatable bonds is 6. The zero-order valence-corrected chi connectivity index (χ0v) is 13.5. The molecule has 108 valence electrons. The second-order valence-electron chi connectivity index (χ2n) is 6.43. The maximum absolute atomic E-state index is 5.55. The summed E-state index contributed by atoms with van der Waals surface area (Å²) in [5, 5.41) is 0. The fourth-order valence-corrected chi connectivity index (χ4v) is 2.70. The number of hydrogen-bond acceptors (Lipinski definition) is 0. The summed E-state index contributed by atoms with van der Waals surface area (Å²) in [6, 6.07) is 17.9. The zero-order chi connectivity index (χ0) is 15.3. The van der Waals surface area contributed by atoms with Crippen molar-refractivity contribution in [2.75, 3.05) is 0 Å². The van der Waals surface area contributed by atoms with Gasteiger partial charge in [0.1, 0.15) is 0 Å². The van der Waals surface area contributed by atoms with Crippen molar-refractivity contribution in [1.29, 1.82) is 0 Å². The van der Waals surface area contributed by atoms with Crippen LogP contribution in [0.15, 0.2) is 48.5 Å². The minimum Gasteiger partial charge on any atom is -0.0887 e. The smallest absolute Gasteiger partial charge is 0.0653 e. The standard InChI is InChI=1S/C20H25B/c1-16-7-11-18(12-8-16)20(2,3)19-13-9-17(10-14-19)6-4-5-15-21/h7-14H,4-6,15H2,1-3H3. The maximum Gasteiger partial charge on any atom is 0.0653 e. The fourth-order valence-electron chi connectivity index (χ4n) is 2.70. The van der Waals surface area contributed by atoms with Gasteiger partial charge in [-0.3, -0.25) is 0 Å². The fraction of sp³-hybridized carbons (Fsp3) is 0.400. The molecule has 0 nitrogen and oxygen atoms in total. The van der Waals surface area contributed by atoms with E-state index in [-0.39, 0.29) is 5.41 Å². The molecule has 0 spiro atoms. The van der Waals surface area contributed by atoms with Gasteiger partial charge < -0.3 is 0 Å². The predicted octanol–water partition coefficient (Wildman–Crippen LogP) is 5.23. The summed E-state index contributed by atoms with van der Waals surface area (Å²) in [6.07, 6.45) is 4.20. The van der Waals surface area contributed by atoms with Crippen molar-refractivity contribution in [2.45, 2.75) is 51.8 Å². The van der Waals surface area contributed by atoms with Crippen LogP contribution >= 0.6 is 0 Å². The highest BCUT2D eigenvalue weighted by Gasteiger charge is 2.22. The van der Waals surface area contributed by atoms with E-state index in [2.05, 4.69) is 69.3 Å². The summed E-state index contributed by atoms with van der Waals surface area (Å²) in [6.45, 7) is 6.72. The molecule has 0 heterocycles. The molecule has 0 saturated carbocycles. The van der Waals surface area contributed by atoms with E-state index in [0.29, 0.717) is 0 Å². The minimum atomic E-state index is 0.0451. The molecule has 0 bridgehead atoms. The van der Waals surface area contributed by atoms with Crippen LogP contribution in [0.4, 0.5) is 0 Å². The van der Waals surface area contributed by atoms with Gasteiger partial charge in [0.05, 0.1) is 7.85 Å². The van der Waals surface area contributed by atoms with Crippen LogP contribution in [0.1, 0.15) is 48.9 Å². The molecular formula is C20H25B. The lowest BCUT2D eigenvalue weighted by Crippen LogP contribution is -2.18. The van der Waals surface area contributed by atoms with Gasteiger partial charge in [-0.15, -0.1) is 0 Å². The Morgan fingerprint density at radius 2 is 1.33 bits per heavy atom. The number of benzene rings is 2. The highest BCUT2D eigenvalue weighted by molar-refractivity contribution is 6.08. The number of unbranched alkanes of at least 4 members (excludes halogenated alkanes) is 1. The second kappa shape index (κ2) is 6.98. The van der Waals surface area contributed by atoms with Gasteiger partial charge in [0.25, 0.3) is 0 Å².